The number of hydrogen-bond donors (Lipinski definition) is 3. The van der Waals surface area contributed by atoms with E-state index in [4.69, 9.17) is 24.9 Å². The highest BCUT2D eigenvalue weighted by molar-refractivity contribution is 5.69. The Kier molecular flexibility index (Phi) is 30.7. The second-order valence-corrected chi connectivity index (χ2v) is 8.46. The molecule has 0 aromatic rings. The van der Waals surface area contributed by atoms with Gasteiger partial charge in [0.1, 0.15) is 26.2 Å². The van der Waals surface area contributed by atoms with Crippen molar-refractivity contribution in [3.63, 3.8) is 0 Å². The van der Waals surface area contributed by atoms with E-state index in [9.17, 15) is 4.79 Å². The predicted molar refractivity (Wildman–Crippen MR) is 126 cm³/mol. The summed E-state index contributed by atoms with van der Waals surface area (Å²) in [6.45, 7) is 4.12. The molecule has 3 N–H and O–H groups in total. The van der Waals surface area contributed by atoms with E-state index in [0.29, 0.717) is 32.7 Å². The van der Waals surface area contributed by atoms with Gasteiger partial charge in [-0.05, 0) is 6.42 Å². The monoisotopic (exact) mass is 461 g/mol. The molecule has 0 spiro atoms. The minimum atomic E-state index is -0.500. The molecular weight excluding hydrogens is 410 g/mol. The summed E-state index contributed by atoms with van der Waals surface area (Å²) in [7, 11) is 0. The number of rotatable bonds is 23. The Balaban J connectivity index is 0. The molecule has 7 heteroatoms. The zero-order valence-electron chi connectivity index (χ0n) is 20.7. The molecule has 0 heterocycles. The molecule has 0 rings (SSSR count). The number of nitrogens with one attached hydrogen (secondary N) is 1. The van der Waals surface area contributed by atoms with E-state index in [1.807, 2.05) is 0 Å². The molecule has 0 aromatic carbocycles. The molecule has 0 aromatic heterocycles. The molecule has 0 radical (unpaired) electrons. The van der Waals surface area contributed by atoms with Crippen molar-refractivity contribution >= 4 is 12.4 Å². The van der Waals surface area contributed by atoms with E-state index in [2.05, 4.69) is 6.92 Å². The van der Waals surface area contributed by atoms with Crippen LogP contribution in [0.5, 0.6) is 0 Å². The Morgan fingerprint density at radius 3 is 1.50 bits per heavy atom. The van der Waals surface area contributed by atoms with E-state index in [1.54, 1.807) is 0 Å². The van der Waals surface area contributed by atoms with Gasteiger partial charge in [0.15, 0.2) is 0 Å². The first kappa shape index (κ1) is 33.0. The SMILES string of the molecule is CCCCCCCCCCCCCCCCCC(=O)OCC[NH+](CCO)CCO.O=C[O-]. The van der Waals surface area contributed by atoms with Gasteiger partial charge in [0, 0.05) is 12.9 Å². The number of esters is 1. The van der Waals surface area contributed by atoms with Gasteiger partial charge in [-0.2, -0.15) is 0 Å². The third-order valence-corrected chi connectivity index (χ3v) is 5.63. The molecule has 0 saturated carbocycles. The molecule has 0 aliphatic rings. The van der Waals surface area contributed by atoms with Crippen LogP contribution in [0.2, 0.25) is 0 Å². The minimum absolute atomic E-state index is 0.0857. The smallest absolute Gasteiger partial charge is 0.305 e. The highest BCUT2D eigenvalue weighted by Crippen LogP contribution is 2.13. The molecule has 0 aliphatic heterocycles. The molecule has 0 fully saturated rings. The minimum Gasteiger partial charge on any atom is -0.554 e. The Hall–Kier alpha value is -1.18. The lowest BCUT2D eigenvalue weighted by atomic mass is 10.0. The maximum atomic E-state index is 11.7. The molecule has 7 nitrogen and oxygen atoms in total. The summed E-state index contributed by atoms with van der Waals surface area (Å²) in [5.41, 5.74) is 0. The average Bonchev–Trinajstić information content (AvgIpc) is 2.77. The fraction of sp³-hybridized carbons (Fsp3) is 0.920. The number of carboxylic acid groups (broad SMARTS) is 1. The van der Waals surface area contributed by atoms with Gasteiger partial charge in [-0.15, -0.1) is 0 Å². The van der Waals surface area contributed by atoms with Gasteiger partial charge in [-0.25, -0.2) is 0 Å². The third-order valence-electron chi connectivity index (χ3n) is 5.63. The van der Waals surface area contributed by atoms with Crippen molar-refractivity contribution in [2.24, 2.45) is 0 Å². The Morgan fingerprint density at radius 1 is 0.750 bits per heavy atom. The zero-order valence-corrected chi connectivity index (χ0v) is 20.7. The highest BCUT2D eigenvalue weighted by Gasteiger charge is 2.09. The lowest BCUT2D eigenvalue weighted by Crippen LogP contribution is -3.13. The van der Waals surface area contributed by atoms with Gasteiger partial charge in [-0.1, -0.05) is 96.8 Å². The summed E-state index contributed by atoms with van der Waals surface area (Å²) >= 11 is 0. The summed E-state index contributed by atoms with van der Waals surface area (Å²) in [5, 5.41) is 26.2. The predicted octanol–water partition coefficient (Wildman–Crippen LogP) is 2.03. The number of aliphatic hydroxyl groups is 2. The second-order valence-electron chi connectivity index (χ2n) is 8.46. The Bertz CT molecular complexity index is 375. The van der Waals surface area contributed by atoms with Gasteiger partial charge in [0.05, 0.1) is 13.2 Å². The van der Waals surface area contributed by atoms with Crippen molar-refractivity contribution in [2.45, 2.75) is 110 Å². The van der Waals surface area contributed by atoms with E-state index >= 15 is 0 Å². The number of ether oxygens (including phenoxy) is 1. The number of quaternary nitrogens is 1. The quantitative estimate of drug-likeness (QED) is 0.122. The maximum Gasteiger partial charge on any atom is 0.305 e. The lowest BCUT2D eigenvalue weighted by Gasteiger charge is -2.17. The lowest BCUT2D eigenvalue weighted by molar-refractivity contribution is -0.900. The van der Waals surface area contributed by atoms with Crippen LogP contribution >= 0.6 is 0 Å². The standard InChI is InChI=1S/C24H49NO4.CH2O2/c1-2-3-4-5-6-7-8-9-10-11-12-13-14-15-16-17-24(28)29-23-20-25(18-21-26)19-22-27;2-1-3/h26-27H,2-23H2,1H3;1H,(H,2,3). The van der Waals surface area contributed by atoms with Crippen molar-refractivity contribution in [1.29, 1.82) is 0 Å². The highest BCUT2D eigenvalue weighted by atomic mass is 16.5. The van der Waals surface area contributed by atoms with E-state index in [1.165, 1.54) is 83.5 Å². The summed E-state index contributed by atoms with van der Waals surface area (Å²) in [6, 6.07) is 0. The van der Waals surface area contributed by atoms with Gasteiger partial charge in [0.25, 0.3) is 0 Å². The largest absolute Gasteiger partial charge is 0.554 e. The van der Waals surface area contributed by atoms with Crippen molar-refractivity contribution in [3.05, 3.63) is 0 Å². The summed E-state index contributed by atoms with van der Waals surface area (Å²) in [6.07, 6.45) is 20.3. The normalized spacial score (nSPS) is 10.6. The van der Waals surface area contributed by atoms with Crippen molar-refractivity contribution in [3.8, 4) is 0 Å². The first-order valence-electron chi connectivity index (χ1n) is 12.9. The van der Waals surface area contributed by atoms with Gasteiger partial charge in [0.2, 0.25) is 0 Å². The number of unbranched alkanes of at least 4 members (excludes halogenated alkanes) is 14. The molecule has 0 aliphatic carbocycles. The molecule has 0 saturated heterocycles. The first-order chi connectivity index (χ1) is 15.7. The summed E-state index contributed by atoms with van der Waals surface area (Å²) in [4.78, 5) is 21.1. The first-order valence-corrected chi connectivity index (χ1v) is 12.9. The van der Waals surface area contributed by atoms with Gasteiger partial charge >= 0.3 is 5.97 Å². The fourth-order valence-corrected chi connectivity index (χ4v) is 3.71. The zero-order chi connectivity index (χ0) is 24.1. The van der Waals surface area contributed by atoms with Crippen LogP contribution in [0, 0.1) is 0 Å². The fourth-order valence-electron chi connectivity index (χ4n) is 3.71. The van der Waals surface area contributed by atoms with Crippen LogP contribution in [-0.2, 0) is 14.3 Å². The third kappa shape index (κ3) is 28.8. The molecule has 0 atom stereocenters. The Labute approximate surface area is 196 Å². The average molecular weight is 462 g/mol. The molecule has 0 amide bonds. The summed E-state index contributed by atoms with van der Waals surface area (Å²) < 4.78 is 5.26. The molecule has 0 bridgehead atoms. The molecule has 192 valence electrons. The van der Waals surface area contributed by atoms with E-state index in [-0.39, 0.29) is 19.2 Å². The van der Waals surface area contributed by atoms with Crippen molar-refractivity contribution < 1.29 is 34.5 Å². The number of carbonyl (C=O) groups excluding carboxylic acids is 2. The van der Waals surface area contributed by atoms with E-state index < -0.39 is 6.47 Å². The van der Waals surface area contributed by atoms with Crippen LogP contribution < -0.4 is 10.0 Å². The molecule has 32 heavy (non-hydrogen) atoms. The van der Waals surface area contributed by atoms with Crippen LogP contribution in [0.25, 0.3) is 0 Å². The number of hydrogen-bond acceptors (Lipinski definition) is 6. The topological polar surface area (TPSA) is 111 Å². The van der Waals surface area contributed by atoms with Crippen LogP contribution in [-0.4, -0.2) is 62.1 Å². The molecular formula is C25H51NO6. The van der Waals surface area contributed by atoms with Crippen LogP contribution in [0.3, 0.4) is 0 Å². The van der Waals surface area contributed by atoms with Gasteiger partial charge < -0.3 is 29.8 Å². The number of aliphatic hydroxyl groups excluding tert-OH is 2. The summed E-state index contributed by atoms with van der Waals surface area (Å²) in [5.74, 6) is -0.118. The second kappa shape index (κ2) is 29.8. The van der Waals surface area contributed by atoms with Crippen molar-refractivity contribution in [1.82, 2.24) is 0 Å². The van der Waals surface area contributed by atoms with Crippen LogP contribution in [0.4, 0.5) is 0 Å². The molecule has 0 unspecified atom stereocenters. The maximum absolute atomic E-state index is 11.7. The van der Waals surface area contributed by atoms with Crippen molar-refractivity contribution in [2.75, 3.05) is 39.5 Å². The van der Waals surface area contributed by atoms with Gasteiger partial charge in [-0.3, -0.25) is 4.79 Å². The van der Waals surface area contributed by atoms with Crippen LogP contribution in [0.15, 0.2) is 0 Å². The van der Waals surface area contributed by atoms with E-state index in [0.717, 1.165) is 17.7 Å². The Morgan fingerprint density at radius 2 is 1.12 bits per heavy atom. The number of carbonyl (C=O) groups is 2. The van der Waals surface area contributed by atoms with Crippen LogP contribution in [0.1, 0.15) is 110 Å².